The largest absolute Gasteiger partial charge is 0.488 e. The molecule has 2 unspecified atom stereocenters. The number of nitrogens with two attached hydrogens (primary N) is 1. The highest BCUT2D eigenvalue weighted by molar-refractivity contribution is 5.74. The lowest BCUT2D eigenvalue weighted by Gasteiger charge is -2.39. The Hall–Kier alpha value is -4.92. The minimum Gasteiger partial charge on any atom is -0.488 e. The summed E-state index contributed by atoms with van der Waals surface area (Å²) in [6.07, 6.45) is -4.24. The van der Waals surface area contributed by atoms with Gasteiger partial charge in [-0.25, -0.2) is 9.07 Å². The molecule has 4 heterocycles. The highest BCUT2D eigenvalue weighted by Gasteiger charge is 2.46. The van der Waals surface area contributed by atoms with Crippen molar-refractivity contribution in [1.82, 2.24) is 25.1 Å². The van der Waals surface area contributed by atoms with Crippen molar-refractivity contribution < 1.29 is 36.9 Å². The molecule has 49 heavy (non-hydrogen) atoms. The Morgan fingerprint density at radius 1 is 1.06 bits per heavy atom. The Morgan fingerprint density at radius 3 is 2.39 bits per heavy atom. The quantitative estimate of drug-likeness (QED) is 0.184. The molecule has 0 bridgehead atoms. The number of carboxylic acid groups (broad SMARTS) is 1. The zero-order chi connectivity index (χ0) is 35.1. The molecule has 0 amide bonds. The molecule has 2 aromatic carbocycles. The summed E-state index contributed by atoms with van der Waals surface area (Å²) in [5, 5.41) is 16.8. The summed E-state index contributed by atoms with van der Waals surface area (Å²) >= 11 is 0. The number of alkyl halides is 3. The number of piperidine rings is 1. The number of halogens is 4. The monoisotopic (exact) mass is 683 g/mol. The number of ether oxygens (including phenoxy) is 2. The Morgan fingerprint density at radius 2 is 1.78 bits per heavy atom. The number of nitrogen functional groups attached to an aromatic ring is 1. The molecule has 15 heteroatoms. The zero-order valence-corrected chi connectivity index (χ0v) is 27.2. The molecular weight excluding hydrogens is 646 g/mol. The van der Waals surface area contributed by atoms with Crippen LogP contribution in [0.5, 0.6) is 11.6 Å². The van der Waals surface area contributed by atoms with Crippen molar-refractivity contribution in [3.8, 4) is 28.4 Å². The first-order valence-electron chi connectivity index (χ1n) is 15.9. The van der Waals surface area contributed by atoms with Crippen LogP contribution in [0.3, 0.4) is 0 Å². The Kier molecular flexibility index (Phi) is 9.13. The molecule has 2 atom stereocenters. The lowest BCUT2D eigenvalue weighted by Crippen LogP contribution is -2.41. The number of rotatable bonds is 9. The fourth-order valence-corrected chi connectivity index (χ4v) is 6.49. The second kappa shape index (κ2) is 13.2. The van der Waals surface area contributed by atoms with Crippen LogP contribution in [0.25, 0.3) is 16.8 Å². The van der Waals surface area contributed by atoms with Crippen molar-refractivity contribution in [3.05, 3.63) is 71.8 Å². The summed E-state index contributed by atoms with van der Waals surface area (Å²) in [7, 11) is 0. The lowest BCUT2D eigenvalue weighted by atomic mass is 9.76. The molecule has 11 nitrogen and oxygen atoms in total. The molecule has 0 saturated carbocycles. The number of anilines is 2. The normalized spacial score (nSPS) is 18.2. The number of hydrogen-bond donors (Lipinski definition) is 3. The summed E-state index contributed by atoms with van der Waals surface area (Å²) in [4.78, 5) is 21.6. The van der Waals surface area contributed by atoms with Crippen LogP contribution in [-0.4, -0.2) is 68.8 Å². The van der Waals surface area contributed by atoms with Crippen LogP contribution >= 0.6 is 0 Å². The van der Waals surface area contributed by atoms with Crippen molar-refractivity contribution in [2.24, 2.45) is 5.41 Å². The molecule has 2 aliphatic rings. The number of aryl methyl sites for hydroxylation is 1. The number of benzene rings is 2. The second-order valence-corrected chi connectivity index (χ2v) is 12.9. The van der Waals surface area contributed by atoms with E-state index >= 15 is 0 Å². The molecule has 2 aliphatic heterocycles. The van der Waals surface area contributed by atoms with Crippen molar-refractivity contribution in [2.75, 3.05) is 30.3 Å². The Labute approximate surface area is 280 Å². The van der Waals surface area contributed by atoms with Crippen LogP contribution in [0.1, 0.15) is 50.5 Å². The molecule has 4 aromatic rings. The average Bonchev–Trinajstić information content (AvgIpc) is 3.66. The van der Waals surface area contributed by atoms with Gasteiger partial charge in [-0.05, 0) is 80.8 Å². The van der Waals surface area contributed by atoms with E-state index in [0.717, 1.165) is 0 Å². The van der Waals surface area contributed by atoms with Gasteiger partial charge in [0.15, 0.2) is 11.6 Å². The average molecular weight is 684 g/mol. The van der Waals surface area contributed by atoms with Gasteiger partial charge in [-0.3, -0.25) is 4.79 Å². The van der Waals surface area contributed by atoms with E-state index in [1.165, 1.54) is 47.3 Å². The van der Waals surface area contributed by atoms with E-state index in [2.05, 4.69) is 20.4 Å². The van der Waals surface area contributed by atoms with Gasteiger partial charge in [0.2, 0.25) is 17.9 Å². The number of nitrogens with one attached hydrogen (secondary N) is 1. The molecule has 6 rings (SSSR count). The smallest absolute Gasteiger partial charge is 0.429 e. The van der Waals surface area contributed by atoms with Crippen LogP contribution in [0.4, 0.5) is 29.3 Å². The van der Waals surface area contributed by atoms with E-state index in [1.807, 2.05) is 4.90 Å². The van der Waals surface area contributed by atoms with Gasteiger partial charge < -0.3 is 30.5 Å². The van der Waals surface area contributed by atoms with E-state index in [0.29, 0.717) is 61.5 Å². The topological polar surface area (TPSA) is 141 Å². The third-order valence-corrected chi connectivity index (χ3v) is 8.96. The molecule has 2 fully saturated rings. The number of carbonyl (C=O) groups is 1. The maximum absolute atomic E-state index is 14.9. The molecule has 0 radical (unpaired) electrons. The molecule has 2 saturated heterocycles. The number of aromatic nitrogens is 4. The predicted octanol–water partition coefficient (Wildman–Crippen LogP) is 5.86. The van der Waals surface area contributed by atoms with E-state index in [4.69, 9.17) is 15.2 Å². The van der Waals surface area contributed by atoms with E-state index in [-0.39, 0.29) is 40.3 Å². The van der Waals surface area contributed by atoms with Crippen LogP contribution in [0.2, 0.25) is 0 Å². The molecular formula is C34H37F4N7O4. The van der Waals surface area contributed by atoms with Gasteiger partial charge in [-0.2, -0.15) is 28.2 Å². The summed E-state index contributed by atoms with van der Waals surface area (Å²) in [5.74, 6) is -1.74. The molecule has 2 aromatic heterocycles. The summed E-state index contributed by atoms with van der Waals surface area (Å²) in [6, 6.07) is 11.0. The maximum Gasteiger partial charge on any atom is 0.429 e. The highest BCUT2D eigenvalue weighted by Crippen LogP contribution is 2.43. The van der Waals surface area contributed by atoms with Gasteiger partial charge in [0.05, 0.1) is 17.5 Å². The third kappa shape index (κ3) is 7.41. The second-order valence-electron chi connectivity index (χ2n) is 12.9. The lowest BCUT2D eigenvalue weighted by molar-refractivity contribution is -0.198. The molecule has 1 spiro atoms. The summed E-state index contributed by atoms with van der Waals surface area (Å²) < 4.78 is 72.0. The first kappa shape index (κ1) is 34.0. The predicted molar refractivity (Wildman–Crippen MR) is 173 cm³/mol. The van der Waals surface area contributed by atoms with Crippen molar-refractivity contribution in [3.63, 3.8) is 0 Å². The molecule has 4 N–H and O–H groups in total. The van der Waals surface area contributed by atoms with Gasteiger partial charge in [-0.15, -0.1) is 0 Å². The Bertz CT molecular complexity index is 1840. The number of carboxylic acids is 1. The SMILES string of the molecule is Cc1ccn(-c2cc(-c3ccc(OC(C)C)c(F)c3)ccc2C(Oc2cc(N3CCC4(CC3)CNC(C(=O)O)C4)nc(N)n2)C(F)(F)F)n1. The first-order chi connectivity index (χ1) is 23.2. The van der Waals surface area contributed by atoms with E-state index < -0.39 is 30.1 Å². The van der Waals surface area contributed by atoms with Crippen LogP contribution in [0.15, 0.2) is 54.7 Å². The molecule has 0 aliphatic carbocycles. The minimum atomic E-state index is -4.89. The summed E-state index contributed by atoms with van der Waals surface area (Å²) in [6.45, 7) is 6.84. The fourth-order valence-electron chi connectivity index (χ4n) is 6.49. The van der Waals surface area contributed by atoms with Gasteiger partial charge in [-0.1, -0.05) is 18.2 Å². The Balaban J connectivity index is 1.30. The fraction of sp³-hybridized carbons (Fsp3) is 0.412. The van der Waals surface area contributed by atoms with Crippen molar-refractivity contribution in [1.29, 1.82) is 0 Å². The highest BCUT2D eigenvalue weighted by atomic mass is 19.4. The van der Waals surface area contributed by atoms with Gasteiger partial charge in [0, 0.05) is 37.5 Å². The van der Waals surface area contributed by atoms with Gasteiger partial charge in [0.1, 0.15) is 11.9 Å². The van der Waals surface area contributed by atoms with Crippen molar-refractivity contribution in [2.45, 2.75) is 64.5 Å². The zero-order valence-electron chi connectivity index (χ0n) is 27.2. The van der Waals surface area contributed by atoms with Gasteiger partial charge in [0.25, 0.3) is 0 Å². The van der Waals surface area contributed by atoms with Crippen LogP contribution in [0, 0.1) is 18.2 Å². The van der Waals surface area contributed by atoms with Crippen LogP contribution < -0.4 is 25.4 Å². The first-order valence-corrected chi connectivity index (χ1v) is 15.9. The standard InChI is InChI=1S/C34H37F4N7O4/c1-19(2)48-27-7-5-21(14-24(27)35)22-4-6-23(26(15-22)45-11-8-20(3)43-45)30(34(36,37)38)49-29-16-28(41-32(39)42-29)44-12-9-33(10-13-44)17-25(31(46)47)40-18-33/h4-8,11,14-16,19,25,30,40H,9-10,12-13,17-18H2,1-3H3,(H,46,47)(H2,39,41,42). The van der Waals surface area contributed by atoms with Crippen LogP contribution in [-0.2, 0) is 4.79 Å². The summed E-state index contributed by atoms with van der Waals surface area (Å²) in [5.41, 5.74) is 7.07. The van der Waals surface area contributed by atoms with E-state index in [1.54, 1.807) is 32.9 Å². The maximum atomic E-state index is 14.9. The van der Waals surface area contributed by atoms with E-state index in [9.17, 15) is 27.5 Å². The number of aliphatic carboxylic acids is 1. The minimum absolute atomic E-state index is 0.0683. The third-order valence-electron chi connectivity index (χ3n) is 8.96. The van der Waals surface area contributed by atoms with Gasteiger partial charge >= 0.3 is 12.1 Å². The number of nitrogens with zero attached hydrogens (tertiary/aromatic N) is 5. The van der Waals surface area contributed by atoms with Crippen molar-refractivity contribution >= 4 is 17.7 Å². The number of hydrogen-bond acceptors (Lipinski definition) is 9. The molecule has 260 valence electrons.